The topological polar surface area (TPSA) is 75.6 Å². The van der Waals surface area contributed by atoms with E-state index < -0.39 is 0 Å². The Bertz CT molecular complexity index is 697. The molecule has 1 atom stereocenters. The first kappa shape index (κ1) is 26.9. The van der Waals surface area contributed by atoms with Crippen molar-refractivity contribution in [3.05, 3.63) is 29.8 Å². The molecule has 0 amide bonds. The second kappa shape index (κ2) is 15.6. The number of unbranched alkanes of at least 4 members (excludes halogenated alkanes) is 2. The van der Waals surface area contributed by atoms with Crippen molar-refractivity contribution in [2.24, 2.45) is 11.8 Å². The molecule has 0 radical (unpaired) electrons. The number of hydrogen-bond acceptors (Lipinski definition) is 5. The predicted octanol–water partition coefficient (Wildman–Crippen LogP) is 5.55. The van der Waals surface area contributed by atoms with Crippen LogP contribution in [0.1, 0.15) is 77.2 Å². The number of hydrogen-bond donors (Lipinski definition) is 2. The van der Waals surface area contributed by atoms with E-state index in [1.54, 1.807) is 18.2 Å². The summed E-state index contributed by atoms with van der Waals surface area (Å²) in [5, 5.41) is 12.9. The summed E-state index contributed by atoms with van der Waals surface area (Å²) in [5.74, 6) is 1.68. The fourth-order valence-electron chi connectivity index (χ4n) is 3.71. The van der Waals surface area contributed by atoms with Gasteiger partial charge in [-0.15, -0.1) is 0 Å². The van der Waals surface area contributed by atoms with E-state index in [-0.39, 0.29) is 23.7 Å². The number of methoxy groups -OCH3 is 1. The van der Waals surface area contributed by atoms with Crippen molar-refractivity contribution in [3.8, 4) is 11.5 Å². The van der Waals surface area contributed by atoms with Crippen LogP contribution in [0.3, 0.4) is 0 Å². The van der Waals surface area contributed by atoms with Gasteiger partial charge in [0.2, 0.25) is 0 Å². The number of allylic oxidation sites excluding steroid dienone is 1. The molecule has 1 aromatic rings. The summed E-state index contributed by atoms with van der Waals surface area (Å²) >= 11 is 0. The first-order chi connectivity index (χ1) is 14.8. The Hall–Kier alpha value is -2.14. The molecular formula is C26H41NO4. The number of ketones is 2. The normalized spacial score (nSPS) is 12.4. The van der Waals surface area contributed by atoms with Gasteiger partial charge in [-0.2, -0.15) is 0 Å². The van der Waals surface area contributed by atoms with Crippen LogP contribution >= 0.6 is 0 Å². The summed E-state index contributed by atoms with van der Waals surface area (Å²) in [5.41, 5.74) is 0.736. The fraction of sp³-hybridized carbons (Fsp3) is 0.615. The van der Waals surface area contributed by atoms with Crippen molar-refractivity contribution >= 4 is 17.6 Å². The molecule has 1 aromatic carbocycles. The third-order valence-corrected chi connectivity index (χ3v) is 5.49. The smallest absolute Gasteiger partial charge is 0.163 e. The molecule has 0 fully saturated rings. The molecule has 2 N–H and O–H groups in total. The largest absolute Gasteiger partial charge is 0.504 e. The number of Topliss-reactive ketones (excluding diaryl/α,β-unsaturated/α-hetero) is 1. The number of phenols is 1. The number of nitrogens with one attached hydrogen (secondary N) is 1. The van der Waals surface area contributed by atoms with Crippen LogP contribution < -0.4 is 10.1 Å². The summed E-state index contributed by atoms with van der Waals surface area (Å²) in [6.07, 6.45) is 11.5. The lowest BCUT2D eigenvalue weighted by Gasteiger charge is -2.17. The van der Waals surface area contributed by atoms with E-state index in [2.05, 4.69) is 19.2 Å². The highest BCUT2D eigenvalue weighted by Gasteiger charge is 2.10. The maximum Gasteiger partial charge on any atom is 0.163 e. The van der Waals surface area contributed by atoms with E-state index in [0.29, 0.717) is 18.1 Å². The van der Waals surface area contributed by atoms with Crippen molar-refractivity contribution in [3.63, 3.8) is 0 Å². The monoisotopic (exact) mass is 431 g/mol. The molecule has 0 unspecified atom stereocenters. The molecule has 0 aliphatic heterocycles. The lowest BCUT2D eigenvalue weighted by molar-refractivity contribution is -0.124. The molecular weight excluding hydrogens is 390 g/mol. The summed E-state index contributed by atoms with van der Waals surface area (Å²) in [7, 11) is 3.48. The lowest BCUT2D eigenvalue weighted by Crippen LogP contribution is -2.19. The number of rotatable bonds is 17. The molecule has 1 rings (SSSR count). The maximum absolute atomic E-state index is 12.1. The number of phenolic OH excluding ortho intramolecular Hbond substituents is 1. The third-order valence-electron chi connectivity index (χ3n) is 5.49. The van der Waals surface area contributed by atoms with Crippen molar-refractivity contribution in [1.82, 2.24) is 5.32 Å². The highest BCUT2D eigenvalue weighted by molar-refractivity contribution is 6.06. The van der Waals surface area contributed by atoms with Gasteiger partial charge in [0.15, 0.2) is 17.3 Å². The summed E-state index contributed by atoms with van der Waals surface area (Å²) in [4.78, 5) is 24.1. The molecule has 0 aliphatic carbocycles. The van der Waals surface area contributed by atoms with E-state index in [1.807, 2.05) is 7.05 Å². The van der Waals surface area contributed by atoms with Crippen LogP contribution in [-0.2, 0) is 9.59 Å². The zero-order valence-electron chi connectivity index (χ0n) is 19.8. The van der Waals surface area contributed by atoms with Gasteiger partial charge in [-0.25, -0.2) is 0 Å². The highest BCUT2D eigenvalue weighted by Crippen LogP contribution is 2.26. The quantitative estimate of drug-likeness (QED) is 0.192. The first-order valence-electron chi connectivity index (χ1n) is 11.6. The Morgan fingerprint density at radius 3 is 2.52 bits per heavy atom. The minimum absolute atomic E-state index is 0.00152. The summed E-state index contributed by atoms with van der Waals surface area (Å²) in [6.45, 7) is 5.61. The zero-order chi connectivity index (χ0) is 23.1. The number of carbonyl (C=O) groups excluding carboxylic acids is 2. The predicted molar refractivity (Wildman–Crippen MR) is 128 cm³/mol. The number of ether oxygens (including phenoxy) is 1. The van der Waals surface area contributed by atoms with Gasteiger partial charge in [0.1, 0.15) is 5.78 Å². The van der Waals surface area contributed by atoms with Crippen molar-refractivity contribution in [2.45, 2.75) is 71.6 Å². The van der Waals surface area contributed by atoms with Gasteiger partial charge in [-0.1, -0.05) is 51.7 Å². The molecule has 0 saturated carbocycles. The maximum atomic E-state index is 12.1. The van der Waals surface area contributed by atoms with Crippen LogP contribution in [0.15, 0.2) is 24.3 Å². The standard InChI is InChI=1S/C26H41NO4/c1-20(2)9-8-11-22(19-27-3)10-6-5-7-12-23(28)18-24(29)15-13-21-14-16-25(30)26(17-21)31-4/h13-17,20,22,27,30H,5-12,18-19H2,1-4H3/t22-/m1/s1. The van der Waals surface area contributed by atoms with Gasteiger partial charge in [0.25, 0.3) is 0 Å². The third kappa shape index (κ3) is 12.3. The molecule has 0 aromatic heterocycles. The minimum atomic E-state index is -0.198. The molecule has 5 heteroatoms. The Balaban J connectivity index is 2.26. The van der Waals surface area contributed by atoms with Crippen LogP contribution in [0, 0.1) is 11.8 Å². The van der Waals surface area contributed by atoms with E-state index in [0.717, 1.165) is 37.3 Å². The Kier molecular flexibility index (Phi) is 13.6. The van der Waals surface area contributed by atoms with Gasteiger partial charge in [0.05, 0.1) is 13.5 Å². The molecule has 174 valence electrons. The van der Waals surface area contributed by atoms with Gasteiger partial charge >= 0.3 is 0 Å². The van der Waals surface area contributed by atoms with Gasteiger partial charge < -0.3 is 15.2 Å². The molecule has 31 heavy (non-hydrogen) atoms. The molecule has 0 aliphatic rings. The average Bonchev–Trinajstić information content (AvgIpc) is 2.72. The fourth-order valence-corrected chi connectivity index (χ4v) is 3.71. The van der Waals surface area contributed by atoms with Gasteiger partial charge in [0, 0.05) is 6.42 Å². The highest BCUT2D eigenvalue weighted by atomic mass is 16.5. The number of carbonyl (C=O) groups is 2. The molecule has 0 bridgehead atoms. The zero-order valence-corrected chi connectivity index (χ0v) is 19.8. The summed E-state index contributed by atoms with van der Waals surface area (Å²) in [6, 6.07) is 4.85. The van der Waals surface area contributed by atoms with Crippen LogP contribution in [0.5, 0.6) is 11.5 Å². The first-order valence-corrected chi connectivity index (χ1v) is 11.6. The van der Waals surface area contributed by atoms with E-state index >= 15 is 0 Å². The Morgan fingerprint density at radius 2 is 1.84 bits per heavy atom. The number of aromatic hydroxyl groups is 1. The van der Waals surface area contributed by atoms with E-state index in [9.17, 15) is 14.7 Å². The Labute approximate surface area is 188 Å². The van der Waals surface area contributed by atoms with Gasteiger partial charge in [-0.05, 0) is 68.5 Å². The minimum Gasteiger partial charge on any atom is -0.504 e. The lowest BCUT2D eigenvalue weighted by atomic mass is 9.93. The van der Waals surface area contributed by atoms with E-state index in [4.69, 9.17) is 4.74 Å². The Morgan fingerprint density at radius 1 is 1.10 bits per heavy atom. The number of benzene rings is 1. The van der Waals surface area contributed by atoms with Crippen molar-refractivity contribution < 1.29 is 19.4 Å². The SMILES string of the molecule is CNC[C@H](CCCCCC(=O)CC(=O)C=Cc1ccc(O)c(OC)c1)CCCC(C)C. The van der Waals surface area contributed by atoms with Crippen LogP contribution in [0.25, 0.3) is 6.08 Å². The second-order valence-corrected chi connectivity index (χ2v) is 8.79. The average molecular weight is 432 g/mol. The van der Waals surface area contributed by atoms with Crippen LogP contribution in [-0.4, -0.2) is 37.4 Å². The molecule has 0 spiro atoms. The van der Waals surface area contributed by atoms with Crippen LogP contribution in [0.4, 0.5) is 0 Å². The van der Waals surface area contributed by atoms with E-state index in [1.165, 1.54) is 44.9 Å². The second-order valence-electron chi connectivity index (χ2n) is 8.79. The van der Waals surface area contributed by atoms with Crippen LogP contribution in [0.2, 0.25) is 0 Å². The molecule has 5 nitrogen and oxygen atoms in total. The van der Waals surface area contributed by atoms with Crippen molar-refractivity contribution in [1.29, 1.82) is 0 Å². The van der Waals surface area contributed by atoms with Crippen molar-refractivity contribution in [2.75, 3.05) is 20.7 Å². The molecule has 0 saturated heterocycles. The van der Waals surface area contributed by atoms with Gasteiger partial charge in [-0.3, -0.25) is 9.59 Å². The molecule has 0 heterocycles. The summed E-state index contributed by atoms with van der Waals surface area (Å²) < 4.78 is 5.05.